The fraction of sp³-hybridized carbons (Fsp3) is 0.462. The van der Waals surface area contributed by atoms with Crippen molar-refractivity contribution < 1.29 is 0 Å². The summed E-state index contributed by atoms with van der Waals surface area (Å²) in [5.74, 6) is 1.75. The summed E-state index contributed by atoms with van der Waals surface area (Å²) < 4.78 is 0. The van der Waals surface area contributed by atoms with Crippen molar-refractivity contribution in [1.29, 1.82) is 5.26 Å². The quantitative estimate of drug-likeness (QED) is 0.644. The Morgan fingerprint density at radius 3 is 2.82 bits per heavy atom. The van der Waals surface area contributed by atoms with Crippen LogP contribution in [0.2, 0.25) is 0 Å². The van der Waals surface area contributed by atoms with Gasteiger partial charge in [0.2, 0.25) is 0 Å². The molecule has 0 radical (unpaired) electrons. The average Bonchev–Trinajstić information content (AvgIpc) is 3.21. The lowest BCUT2D eigenvalue weighted by Gasteiger charge is -2.45. The Morgan fingerprint density at radius 1 is 1.15 bits per heavy atom. The second-order valence-corrected chi connectivity index (χ2v) is 9.73. The van der Waals surface area contributed by atoms with Gasteiger partial charge in [-0.3, -0.25) is 4.90 Å². The molecule has 7 heteroatoms. The summed E-state index contributed by atoms with van der Waals surface area (Å²) in [5.41, 5.74) is 3.89. The fourth-order valence-corrected chi connectivity index (χ4v) is 5.53. The zero-order chi connectivity index (χ0) is 23.2. The van der Waals surface area contributed by atoms with Crippen LogP contribution in [0.1, 0.15) is 55.1 Å². The summed E-state index contributed by atoms with van der Waals surface area (Å²) in [7, 11) is 0. The molecule has 5 rings (SSSR count). The summed E-state index contributed by atoms with van der Waals surface area (Å²) in [6, 6.07) is 10.3. The predicted molar refractivity (Wildman–Crippen MR) is 131 cm³/mol. The van der Waals surface area contributed by atoms with Crippen LogP contribution in [0.4, 0.5) is 11.6 Å². The first-order valence-corrected chi connectivity index (χ1v) is 11.8. The van der Waals surface area contributed by atoms with Gasteiger partial charge in [0.15, 0.2) is 5.82 Å². The van der Waals surface area contributed by atoms with Gasteiger partial charge >= 0.3 is 0 Å². The van der Waals surface area contributed by atoms with Crippen LogP contribution in [0, 0.1) is 25.2 Å². The van der Waals surface area contributed by atoms with Gasteiger partial charge in [-0.2, -0.15) is 10.4 Å². The van der Waals surface area contributed by atoms with Gasteiger partial charge in [-0.15, -0.1) is 5.10 Å². The zero-order valence-corrected chi connectivity index (χ0v) is 19.9. The first kappa shape index (κ1) is 21.6. The van der Waals surface area contributed by atoms with Crippen molar-refractivity contribution in [2.45, 2.75) is 52.1 Å². The van der Waals surface area contributed by atoms with Crippen molar-refractivity contribution in [2.24, 2.45) is 0 Å². The van der Waals surface area contributed by atoms with Crippen molar-refractivity contribution >= 4 is 22.4 Å². The number of piperazine rings is 1. The lowest BCUT2D eigenvalue weighted by Crippen LogP contribution is -2.57. The summed E-state index contributed by atoms with van der Waals surface area (Å²) >= 11 is 0. The maximum Gasteiger partial charge on any atom is 0.157 e. The third-order valence-corrected chi connectivity index (χ3v) is 7.55. The molecule has 4 heterocycles. The SMILES string of the molecule is Cc1c(C#N)cccc1[C@@H](C)Nc1nnc(C)c2cnc(N3CCN4CCC[C@]4(C)C3)cc12. The monoisotopic (exact) mass is 441 g/mol. The molecular formula is C26H31N7. The molecule has 2 aliphatic rings. The molecule has 0 spiro atoms. The minimum Gasteiger partial charge on any atom is -0.362 e. The van der Waals surface area contributed by atoms with E-state index in [4.69, 9.17) is 4.98 Å². The highest BCUT2D eigenvalue weighted by Crippen LogP contribution is 2.35. The zero-order valence-electron chi connectivity index (χ0n) is 19.9. The number of hydrogen-bond acceptors (Lipinski definition) is 7. The Morgan fingerprint density at radius 2 is 2.00 bits per heavy atom. The minimum atomic E-state index is -0.0175. The number of fused-ring (bicyclic) bond motifs is 2. The lowest BCUT2D eigenvalue weighted by atomic mass is 9.96. The van der Waals surface area contributed by atoms with E-state index >= 15 is 0 Å². The number of nitrogens with one attached hydrogen (secondary N) is 1. The predicted octanol–water partition coefficient (Wildman–Crippen LogP) is 4.36. The van der Waals surface area contributed by atoms with E-state index in [1.165, 1.54) is 19.4 Å². The number of rotatable bonds is 4. The first-order chi connectivity index (χ1) is 15.9. The average molecular weight is 442 g/mol. The van der Waals surface area contributed by atoms with Gasteiger partial charge in [0.25, 0.3) is 0 Å². The van der Waals surface area contributed by atoms with Crippen LogP contribution in [0.15, 0.2) is 30.5 Å². The van der Waals surface area contributed by atoms with Crippen molar-refractivity contribution in [3.8, 4) is 6.07 Å². The van der Waals surface area contributed by atoms with Crippen LogP contribution in [-0.4, -0.2) is 51.8 Å². The molecule has 170 valence electrons. The van der Waals surface area contributed by atoms with Gasteiger partial charge in [0.05, 0.1) is 23.4 Å². The van der Waals surface area contributed by atoms with Crippen LogP contribution in [0.3, 0.4) is 0 Å². The smallest absolute Gasteiger partial charge is 0.157 e. The molecule has 0 unspecified atom stereocenters. The van der Waals surface area contributed by atoms with Gasteiger partial charge in [-0.1, -0.05) is 12.1 Å². The Labute approximate surface area is 195 Å². The minimum absolute atomic E-state index is 0.0175. The molecule has 0 aliphatic carbocycles. The summed E-state index contributed by atoms with van der Waals surface area (Å²) in [4.78, 5) is 9.88. The lowest BCUT2D eigenvalue weighted by molar-refractivity contribution is 0.138. The summed E-state index contributed by atoms with van der Waals surface area (Å²) in [6.07, 6.45) is 4.46. The molecule has 1 aromatic carbocycles. The van der Waals surface area contributed by atoms with E-state index in [9.17, 15) is 5.26 Å². The third kappa shape index (κ3) is 3.79. The van der Waals surface area contributed by atoms with Crippen LogP contribution < -0.4 is 10.2 Å². The van der Waals surface area contributed by atoms with E-state index in [1.54, 1.807) is 0 Å². The van der Waals surface area contributed by atoms with E-state index in [-0.39, 0.29) is 11.6 Å². The molecule has 2 aliphatic heterocycles. The van der Waals surface area contributed by atoms with E-state index in [0.29, 0.717) is 5.56 Å². The molecule has 33 heavy (non-hydrogen) atoms. The normalized spacial score (nSPS) is 21.6. The largest absolute Gasteiger partial charge is 0.362 e. The summed E-state index contributed by atoms with van der Waals surface area (Å²) in [5, 5.41) is 23.9. The first-order valence-electron chi connectivity index (χ1n) is 11.8. The highest BCUT2D eigenvalue weighted by Gasteiger charge is 2.41. The molecule has 1 N–H and O–H groups in total. The molecule has 2 aromatic heterocycles. The maximum absolute atomic E-state index is 9.41. The number of hydrogen-bond donors (Lipinski definition) is 1. The fourth-order valence-electron chi connectivity index (χ4n) is 5.53. The van der Waals surface area contributed by atoms with Crippen molar-refractivity contribution in [3.63, 3.8) is 0 Å². The molecule has 2 fully saturated rings. The van der Waals surface area contributed by atoms with Crippen LogP contribution in [0.25, 0.3) is 10.8 Å². The Kier molecular flexibility index (Phi) is 5.41. The number of benzene rings is 1. The van der Waals surface area contributed by atoms with Crippen LogP contribution in [-0.2, 0) is 0 Å². The number of aromatic nitrogens is 3. The number of pyridine rings is 1. The molecule has 0 bridgehead atoms. The number of nitriles is 1. The second kappa shape index (κ2) is 8.27. The van der Waals surface area contributed by atoms with Crippen LogP contribution >= 0.6 is 0 Å². The highest BCUT2D eigenvalue weighted by atomic mass is 15.3. The topological polar surface area (TPSA) is 81.0 Å². The molecule has 0 saturated carbocycles. The van der Waals surface area contributed by atoms with E-state index in [2.05, 4.69) is 57.4 Å². The maximum atomic E-state index is 9.41. The molecule has 3 aromatic rings. The Hall–Kier alpha value is -3.24. The van der Waals surface area contributed by atoms with E-state index in [0.717, 1.165) is 58.9 Å². The molecular weight excluding hydrogens is 410 g/mol. The summed E-state index contributed by atoms with van der Waals surface area (Å²) in [6.45, 7) is 12.7. The molecule has 2 atom stereocenters. The van der Waals surface area contributed by atoms with E-state index in [1.807, 2.05) is 32.2 Å². The Balaban J connectivity index is 1.48. The van der Waals surface area contributed by atoms with Gasteiger partial charge in [-0.25, -0.2) is 4.98 Å². The van der Waals surface area contributed by atoms with Crippen LogP contribution in [0.5, 0.6) is 0 Å². The second-order valence-electron chi connectivity index (χ2n) is 9.73. The van der Waals surface area contributed by atoms with Gasteiger partial charge in [-0.05, 0) is 70.3 Å². The van der Waals surface area contributed by atoms with Crippen molar-refractivity contribution in [1.82, 2.24) is 20.1 Å². The van der Waals surface area contributed by atoms with E-state index < -0.39 is 0 Å². The van der Waals surface area contributed by atoms with Gasteiger partial charge < -0.3 is 10.2 Å². The van der Waals surface area contributed by atoms with Crippen molar-refractivity contribution in [2.75, 3.05) is 36.4 Å². The van der Waals surface area contributed by atoms with Gasteiger partial charge in [0, 0.05) is 42.1 Å². The standard InChI is InChI=1S/C26H31N7/c1-17-20(14-27)7-5-8-21(17)18(2)29-25-22-13-24(28-15-23(22)19(3)30-31-25)32-11-12-33-10-6-9-26(33,4)16-32/h5,7-8,13,15,18H,6,9-12,16H2,1-4H3,(H,29,31)/t18-,26-/m1/s1. The number of aryl methyl sites for hydroxylation is 1. The third-order valence-electron chi connectivity index (χ3n) is 7.55. The highest BCUT2D eigenvalue weighted by molar-refractivity contribution is 5.94. The molecule has 2 saturated heterocycles. The molecule has 0 amide bonds. The van der Waals surface area contributed by atoms with Crippen molar-refractivity contribution in [3.05, 3.63) is 52.8 Å². The Bertz CT molecular complexity index is 1250. The number of nitrogens with zero attached hydrogens (tertiary/aromatic N) is 6. The van der Waals surface area contributed by atoms with Gasteiger partial charge in [0.1, 0.15) is 5.82 Å². The number of anilines is 2. The molecule has 7 nitrogen and oxygen atoms in total.